The van der Waals surface area contributed by atoms with E-state index in [-0.39, 0.29) is 0 Å². The molecule has 1 saturated heterocycles. The molecule has 3 rings (SSSR count). The van der Waals surface area contributed by atoms with E-state index in [0.29, 0.717) is 27.2 Å². The van der Waals surface area contributed by atoms with E-state index in [4.69, 9.17) is 16.9 Å². The van der Waals surface area contributed by atoms with Gasteiger partial charge in [-0.05, 0) is 18.2 Å². The molecule has 0 unspecified atom stereocenters. The van der Waals surface area contributed by atoms with Crippen LogP contribution >= 0.6 is 22.9 Å². The van der Waals surface area contributed by atoms with Gasteiger partial charge in [0.2, 0.25) is 0 Å². The molecule has 1 aliphatic heterocycles. The predicted octanol–water partition coefficient (Wildman–Crippen LogP) is 1.36. The predicted molar refractivity (Wildman–Crippen MR) is 93.6 cm³/mol. The molecule has 8 heteroatoms. The van der Waals surface area contributed by atoms with Crippen LogP contribution in [0.2, 0.25) is 4.34 Å². The lowest BCUT2D eigenvalue weighted by Crippen LogP contribution is -3.13. The van der Waals surface area contributed by atoms with Crippen molar-refractivity contribution in [2.24, 2.45) is 0 Å². The number of quaternary nitrogens is 1. The summed E-state index contributed by atoms with van der Waals surface area (Å²) in [5.74, 6) is 0. The second kappa shape index (κ2) is 7.21. The van der Waals surface area contributed by atoms with Crippen molar-refractivity contribution >= 4 is 33.0 Å². The Labute approximate surface area is 150 Å². The number of hydrogen-bond acceptors (Lipinski definition) is 4. The molecule has 1 aliphatic rings. The normalized spacial score (nSPS) is 16.8. The molecule has 5 nitrogen and oxygen atoms in total. The number of hydrogen-bond donors (Lipinski definition) is 1. The van der Waals surface area contributed by atoms with Crippen molar-refractivity contribution in [3.63, 3.8) is 0 Å². The van der Waals surface area contributed by atoms with Crippen molar-refractivity contribution in [2.75, 3.05) is 26.2 Å². The molecule has 0 amide bonds. The minimum Gasteiger partial charge on any atom is -0.329 e. The van der Waals surface area contributed by atoms with Crippen molar-refractivity contribution in [3.8, 4) is 6.07 Å². The Hall–Kier alpha value is -1.43. The van der Waals surface area contributed by atoms with Gasteiger partial charge in [0, 0.05) is 5.56 Å². The van der Waals surface area contributed by atoms with Gasteiger partial charge >= 0.3 is 0 Å². The van der Waals surface area contributed by atoms with Crippen LogP contribution in [0.3, 0.4) is 0 Å². The topological polar surface area (TPSA) is 65.6 Å². The molecule has 126 valence electrons. The van der Waals surface area contributed by atoms with E-state index in [1.807, 2.05) is 24.3 Å². The van der Waals surface area contributed by atoms with Crippen molar-refractivity contribution in [3.05, 3.63) is 51.9 Å². The second-order valence-corrected chi connectivity index (χ2v) is 9.54. The Bertz CT molecular complexity index is 865. The molecule has 1 fully saturated rings. The molecule has 1 aromatic carbocycles. The molecule has 0 bridgehead atoms. The summed E-state index contributed by atoms with van der Waals surface area (Å²) < 4.78 is 27.5. The average Bonchev–Trinajstić information content (AvgIpc) is 3.03. The summed E-state index contributed by atoms with van der Waals surface area (Å²) in [6, 6.07) is 12.9. The highest BCUT2D eigenvalue weighted by atomic mass is 35.5. The minimum absolute atomic E-state index is 0.297. The Kier molecular flexibility index (Phi) is 5.23. The third kappa shape index (κ3) is 3.63. The summed E-state index contributed by atoms with van der Waals surface area (Å²) in [5.41, 5.74) is 1.70. The van der Waals surface area contributed by atoms with Crippen molar-refractivity contribution < 1.29 is 13.3 Å². The highest BCUT2D eigenvalue weighted by molar-refractivity contribution is 7.91. The van der Waals surface area contributed by atoms with Gasteiger partial charge in [-0.3, -0.25) is 0 Å². The third-order valence-electron chi connectivity index (χ3n) is 4.15. The largest absolute Gasteiger partial charge is 0.329 e. The Balaban J connectivity index is 1.65. The summed E-state index contributed by atoms with van der Waals surface area (Å²) in [6.45, 7) is 3.13. The lowest BCUT2D eigenvalue weighted by atomic mass is 10.1. The summed E-state index contributed by atoms with van der Waals surface area (Å²) in [7, 11) is -3.45. The summed E-state index contributed by atoms with van der Waals surface area (Å²) in [6.07, 6.45) is 0. The van der Waals surface area contributed by atoms with Crippen LogP contribution in [-0.2, 0) is 16.6 Å². The van der Waals surface area contributed by atoms with Crippen LogP contribution in [0.15, 0.2) is 40.6 Å². The first-order valence-corrected chi connectivity index (χ1v) is 10.2. The standard InChI is InChI=1S/C16H16ClN3O2S2/c17-15-5-6-16(23-15)24(21,22)20-9-7-19(8-10-20)12-14-4-2-1-3-13(14)11-18/h1-6H,7-10,12H2/p+1. The number of sulfonamides is 1. The quantitative estimate of drug-likeness (QED) is 0.868. The van der Waals surface area contributed by atoms with Crippen LogP contribution in [0.4, 0.5) is 0 Å². The maximum absolute atomic E-state index is 12.6. The Morgan fingerprint density at radius 1 is 1.21 bits per heavy atom. The van der Waals surface area contributed by atoms with Crippen LogP contribution < -0.4 is 4.90 Å². The van der Waals surface area contributed by atoms with Crippen molar-refractivity contribution in [1.82, 2.24) is 4.31 Å². The van der Waals surface area contributed by atoms with Gasteiger partial charge in [0.15, 0.2) is 0 Å². The molecular formula is C16H17ClN3O2S2+. The number of nitrogens with zero attached hydrogens (tertiary/aromatic N) is 2. The third-order valence-corrected chi connectivity index (χ3v) is 7.75. The fourth-order valence-electron chi connectivity index (χ4n) is 2.84. The first-order valence-electron chi connectivity index (χ1n) is 7.58. The average molecular weight is 383 g/mol. The number of halogens is 1. The van der Waals surface area contributed by atoms with Gasteiger partial charge in [0.25, 0.3) is 10.0 Å². The van der Waals surface area contributed by atoms with E-state index < -0.39 is 10.0 Å². The number of thiophene rings is 1. The van der Waals surface area contributed by atoms with Gasteiger partial charge < -0.3 is 4.90 Å². The van der Waals surface area contributed by atoms with E-state index in [1.165, 1.54) is 9.21 Å². The number of benzene rings is 1. The molecule has 0 spiro atoms. The van der Waals surface area contributed by atoms with Crippen LogP contribution in [0.5, 0.6) is 0 Å². The highest BCUT2D eigenvalue weighted by Gasteiger charge is 2.31. The van der Waals surface area contributed by atoms with Crippen molar-refractivity contribution in [2.45, 2.75) is 10.8 Å². The Morgan fingerprint density at radius 2 is 1.92 bits per heavy atom. The SMILES string of the molecule is N#Cc1ccccc1C[NH+]1CCN(S(=O)(=O)c2ccc(Cl)s2)CC1. The van der Waals surface area contributed by atoms with Crippen LogP contribution in [-0.4, -0.2) is 38.9 Å². The zero-order valence-electron chi connectivity index (χ0n) is 12.9. The van der Waals surface area contributed by atoms with E-state index in [1.54, 1.807) is 12.1 Å². The van der Waals surface area contributed by atoms with E-state index in [2.05, 4.69) is 6.07 Å². The fourth-order valence-corrected chi connectivity index (χ4v) is 5.91. The molecule has 2 aromatic rings. The van der Waals surface area contributed by atoms with E-state index in [0.717, 1.165) is 36.5 Å². The summed E-state index contributed by atoms with van der Waals surface area (Å²) >= 11 is 6.94. The molecule has 0 atom stereocenters. The molecule has 2 heterocycles. The van der Waals surface area contributed by atoms with Gasteiger partial charge in [-0.15, -0.1) is 11.3 Å². The summed E-state index contributed by atoms with van der Waals surface area (Å²) in [5, 5.41) is 9.17. The maximum atomic E-state index is 12.6. The van der Waals surface area contributed by atoms with E-state index in [9.17, 15) is 8.42 Å². The molecule has 0 aliphatic carbocycles. The first-order chi connectivity index (χ1) is 11.5. The number of nitrogens with one attached hydrogen (secondary N) is 1. The van der Waals surface area contributed by atoms with E-state index >= 15 is 0 Å². The smallest absolute Gasteiger partial charge is 0.253 e. The van der Waals surface area contributed by atoms with Crippen LogP contribution in [0, 0.1) is 11.3 Å². The molecule has 24 heavy (non-hydrogen) atoms. The van der Waals surface area contributed by atoms with Crippen LogP contribution in [0.1, 0.15) is 11.1 Å². The highest BCUT2D eigenvalue weighted by Crippen LogP contribution is 2.28. The zero-order chi connectivity index (χ0) is 17.2. The van der Waals surface area contributed by atoms with Gasteiger partial charge in [-0.2, -0.15) is 9.57 Å². The van der Waals surface area contributed by atoms with Crippen molar-refractivity contribution in [1.29, 1.82) is 5.26 Å². The fraction of sp³-hybridized carbons (Fsp3) is 0.312. The zero-order valence-corrected chi connectivity index (χ0v) is 15.3. The molecular weight excluding hydrogens is 366 g/mol. The first kappa shape index (κ1) is 17.4. The number of rotatable bonds is 4. The minimum atomic E-state index is -3.45. The lowest BCUT2D eigenvalue weighted by Gasteiger charge is -2.31. The molecule has 1 aromatic heterocycles. The lowest BCUT2D eigenvalue weighted by molar-refractivity contribution is -0.917. The van der Waals surface area contributed by atoms with Gasteiger partial charge in [0.05, 0.1) is 42.1 Å². The monoisotopic (exact) mass is 382 g/mol. The maximum Gasteiger partial charge on any atom is 0.253 e. The van der Waals surface area contributed by atoms with Gasteiger partial charge in [-0.25, -0.2) is 8.42 Å². The van der Waals surface area contributed by atoms with Gasteiger partial charge in [-0.1, -0.05) is 29.8 Å². The molecule has 0 radical (unpaired) electrons. The molecule has 1 N–H and O–H groups in total. The number of piperazine rings is 1. The summed E-state index contributed by atoms with van der Waals surface area (Å²) in [4.78, 5) is 1.29. The second-order valence-electron chi connectivity index (χ2n) is 5.66. The Morgan fingerprint density at radius 3 is 2.54 bits per heavy atom. The van der Waals surface area contributed by atoms with Crippen LogP contribution in [0.25, 0.3) is 0 Å². The number of nitriles is 1. The van der Waals surface area contributed by atoms with Gasteiger partial charge in [0.1, 0.15) is 10.8 Å². The molecule has 0 saturated carbocycles.